The van der Waals surface area contributed by atoms with Crippen LogP contribution in [0.25, 0.3) is 10.6 Å². The summed E-state index contributed by atoms with van der Waals surface area (Å²) in [6.45, 7) is 3.12. The average molecular weight is 386 g/mol. The second-order valence-corrected chi connectivity index (χ2v) is 7.76. The zero-order chi connectivity index (χ0) is 19.0. The van der Waals surface area contributed by atoms with Gasteiger partial charge in [-0.25, -0.2) is 4.79 Å². The Balaban J connectivity index is 1.39. The van der Waals surface area contributed by atoms with E-state index in [-0.39, 0.29) is 18.1 Å². The number of aromatic nitrogens is 2. The minimum Gasteiger partial charge on any atom is -0.353 e. The smallest absolute Gasteiger partial charge is 0.327 e. The van der Waals surface area contributed by atoms with Gasteiger partial charge in [0, 0.05) is 40.3 Å². The summed E-state index contributed by atoms with van der Waals surface area (Å²) in [7, 11) is 3.30. The van der Waals surface area contributed by atoms with Gasteiger partial charge < -0.3 is 9.80 Å². The standard InChI is InChI=1S/C18H22N6O2S/c1-21-16(12-17(25)22(2)18(21)26)24-9-7-23(8-10-24)15-6-5-13(19-20-15)14-4-3-11-27-14/h3-6,11,16H,7-10,12H2,1-2H3. The van der Waals surface area contributed by atoms with Crippen molar-refractivity contribution in [3.8, 4) is 10.6 Å². The second-order valence-electron chi connectivity index (χ2n) is 6.81. The van der Waals surface area contributed by atoms with E-state index < -0.39 is 0 Å². The van der Waals surface area contributed by atoms with Gasteiger partial charge in [-0.1, -0.05) is 6.07 Å². The van der Waals surface area contributed by atoms with Gasteiger partial charge in [0.2, 0.25) is 5.91 Å². The topological polar surface area (TPSA) is 72.9 Å². The van der Waals surface area contributed by atoms with Crippen LogP contribution in [0.1, 0.15) is 6.42 Å². The highest BCUT2D eigenvalue weighted by Gasteiger charge is 2.38. The van der Waals surface area contributed by atoms with E-state index in [0.717, 1.165) is 42.6 Å². The van der Waals surface area contributed by atoms with Crippen LogP contribution in [0.2, 0.25) is 0 Å². The highest BCUT2D eigenvalue weighted by molar-refractivity contribution is 7.13. The fraction of sp³-hybridized carbons (Fsp3) is 0.444. The molecule has 2 saturated heterocycles. The van der Waals surface area contributed by atoms with E-state index in [2.05, 4.69) is 20.0 Å². The number of hydrogen-bond acceptors (Lipinski definition) is 7. The number of nitrogens with zero attached hydrogens (tertiary/aromatic N) is 6. The first kappa shape index (κ1) is 17.9. The van der Waals surface area contributed by atoms with Gasteiger partial charge in [-0.3, -0.25) is 14.6 Å². The minimum atomic E-state index is -0.242. The molecule has 2 aromatic rings. The third-order valence-corrected chi connectivity index (χ3v) is 6.14. The van der Waals surface area contributed by atoms with Gasteiger partial charge in [0.25, 0.3) is 0 Å². The summed E-state index contributed by atoms with van der Waals surface area (Å²) in [5.74, 6) is 0.736. The second kappa shape index (κ2) is 7.24. The van der Waals surface area contributed by atoms with Crippen molar-refractivity contribution in [2.24, 2.45) is 0 Å². The predicted molar refractivity (Wildman–Crippen MR) is 103 cm³/mol. The van der Waals surface area contributed by atoms with E-state index in [1.165, 1.54) is 11.9 Å². The Morgan fingerprint density at radius 1 is 1.04 bits per heavy atom. The number of piperazine rings is 1. The summed E-state index contributed by atoms with van der Waals surface area (Å²) >= 11 is 1.65. The summed E-state index contributed by atoms with van der Waals surface area (Å²) in [5.41, 5.74) is 0.886. The Morgan fingerprint density at radius 2 is 1.81 bits per heavy atom. The van der Waals surface area contributed by atoms with Crippen molar-refractivity contribution in [2.45, 2.75) is 12.6 Å². The number of rotatable bonds is 3. The van der Waals surface area contributed by atoms with Crippen LogP contribution >= 0.6 is 11.3 Å². The van der Waals surface area contributed by atoms with Crippen molar-refractivity contribution in [1.29, 1.82) is 0 Å². The van der Waals surface area contributed by atoms with E-state index in [1.807, 2.05) is 29.6 Å². The molecule has 1 unspecified atom stereocenters. The van der Waals surface area contributed by atoms with E-state index in [9.17, 15) is 9.59 Å². The molecule has 0 N–H and O–H groups in total. The van der Waals surface area contributed by atoms with Gasteiger partial charge in [-0.05, 0) is 23.6 Å². The number of thiophene rings is 1. The maximum atomic E-state index is 12.2. The molecule has 9 heteroatoms. The lowest BCUT2D eigenvalue weighted by Crippen LogP contribution is -2.62. The van der Waals surface area contributed by atoms with Crippen LogP contribution in [-0.2, 0) is 4.79 Å². The molecule has 2 aliphatic heterocycles. The van der Waals surface area contributed by atoms with Crippen LogP contribution in [0.4, 0.5) is 10.6 Å². The van der Waals surface area contributed by atoms with Crippen molar-refractivity contribution in [3.63, 3.8) is 0 Å². The highest BCUT2D eigenvalue weighted by Crippen LogP contribution is 2.24. The molecular formula is C18H22N6O2S. The van der Waals surface area contributed by atoms with Crippen LogP contribution in [0.5, 0.6) is 0 Å². The zero-order valence-electron chi connectivity index (χ0n) is 15.4. The number of anilines is 1. The molecule has 2 fully saturated rings. The quantitative estimate of drug-likeness (QED) is 0.797. The van der Waals surface area contributed by atoms with Crippen LogP contribution in [0.3, 0.4) is 0 Å². The summed E-state index contributed by atoms with van der Waals surface area (Å²) in [5, 5.41) is 10.8. The molecule has 142 valence electrons. The van der Waals surface area contributed by atoms with E-state index in [4.69, 9.17) is 0 Å². The van der Waals surface area contributed by atoms with Crippen LogP contribution in [0, 0.1) is 0 Å². The summed E-state index contributed by atoms with van der Waals surface area (Å²) in [4.78, 5) is 32.6. The first-order valence-electron chi connectivity index (χ1n) is 8.94. The average Bonchev–Trinajstić information content (AvgIpc) is 3.24. The van der Waals surface area contributed by atoms with E-state index in [1.54, 1.807) is 23.3 Å². The van der Waals surface area contributed by atoms with Gasteiger partial charge in [0.15, 0.2) is 5.82 Å². The molecule has 0 radical (unpaired) electrons. The third kappa shape index (κ3) is 3.40. The molecule has 4 heterocycles. The Morgan fingerprint density at radius 3 is 2.44 bits per heavy atom. The van der Waals surface area contributed by atoms with Gasteiger partial charge in [0.05, 0.1) is 17.5 Å². The Hall–Kier alpha value is -2.52. The summed E-state index contributed by atoms with van der Waals surface area (Å²) < 4.78 is 0. The predicted octanol–water partition coefficient (Wildman–Crippen LogP) is 1.57. The Kier molecular flexibility index (Phi) is 4.79. The number of imide groups is 1. The van der Waals surface area contributed by atoms with E-state index >= 15 is 0 Å². The normalized spacial score (nSPS) is 21.9. The molecule has 27 heavy (non-hydrogen) atoms. The van der Waals surface area contributed by atoms with Crippen LogP contribution in [-0.4, -0.2) is 83.3 Å². The maximum absolute atomic E-state index is 12.2. The molecule has 4 rings (SSSR count). The first-order valence-corrected chi connectivity index (χ1v) is 9.82. The Bertz CT molecular complexity index is 817. The van der Waals surface area contributed by atoms with Gasteiger partial charge >= 0.3 is 6.03 Å². The lowest BCUT2D eigenvalue weighted by molar-refractivity contribution is -0.134. The van der Waals surface area contributed by atoms with Crippen molar-refractivity contribution in [3.05, 3.63) is 29.6 Å². The highest BCUT2D eigenvalue weighted by atomic mass is 32.1. The van der Waals surface area contributed by atoms with Gasteiger partial charge in [-0.2, -0.15) is 0 Å². The molecule has 2 aliphatic rings. The largest absolute Gasteiger partial charge is 0.353 e. The SMILES string of the molecule is CN1C(=O)CC(N2CCN(c3ccc(-c4cccs4)nn3)CC2)N(C)C1=O. The fourth-order valence-corrected chi connectivity index (χ4v) is 4.26. The molecular weight excluding hydrogens is 364 g/mol. The third-order valence-electron chi connectivity index (χ3n) is 5.25. The monoisotopic (exact) mass is 386 g/mol. The van der Waals surface area contributed by atoms with Gasteiger partial charge in [-0.15, -0.1) is 21.5 Å². The lowest BCUT2D eigenvalue weighted by Gasteiger charge is -2.45. The molecule has 0 spiro atoms. The van der Waals surface area contributed by atoms with Gasteiger partial charge in [0.1, 0.15) is 5.69 Å². The van der Waals surface area contributed by atoms with Crippen molar-refractivity contribution < 1.29 is 9.59 Å². The zero-order valence-corrected chi connectivity index (χ0v) is 16.2. The molecule has 1 atom stereocenters. The summed E-state index contributed by atoms with van der Waals surface area (Å²) in [6.07, 6.45) is 0.171. The number of urea groups is 1. The molecule has 3 amide bonds. The fourth-order valence-electron chi connectivity index (χ4n) is 3.57. The number of carbonyl (C=O) groups excluding carboxylic acids is 2. The Labute approximate surface area is 162 Å². The van der Waals surface area contributed by atoms with Crippen molar-refractivity contribution in [1.82, 2.24) is 24.9 Å². The first-order chi connectivity index (χ1) is 13.0. The lowest BCUT2D eigenvalue weighted by atomic mass is 10.1. The number of hydrogen-bond donors (Lipinski definition) is 0. The molecule has 8 nitrogen and oxygen atoms in total. The molecule has 0 aliphatic carbocycles. The van der Waals surface area contributed by atoms with Crippen molar-refractivity contribution in [2.75, 3.05) is 45.2 Å². The minimum absolute atomic E-state index is 0.124. The summed E-state index contributed by atoms with van der Waals surface area (Å²) in [6, 6.07) is 7.81. The molecule has 0 bridgehead atoms. The van der Waals surface area contributed by atoms with Crippen molar-refractivity contribution >= 4 is 29.1 Å². The molecule has 0 saturated carbocycles. The number of carbonyl (C=O) groups is 2. The van der Waals surface area contributed by atoms with Crippen LogP contribution in [0.15, 0.2) is 29.6 Å². The molecule has 2 aromatic heterocycles. The number of amides is 3. The maximum Gasteiger partial charge on any atom is 0.327 e. The van der Waals surface area contributed by atoms with E-state index in [0.29, 0.717) is 6.42 Å². The molecule has 0 aromatic carbocycles. The van der Waals surface area contributed by atoms with Crippen LogP contribution < -0.4 is 4.90 Å².